The summed E-state index contributed by atoms with van der Waals surface area (Å²) in [6, 6.07) is 13.6. The van der Waals surface area contributed by atoms with Gasteiger partial charge in [-0.15, -0.1) is 0 Å². The third-order valence-corrected chi connectivity index (χ3v) is 2.96. The zero-order valence-electron chi connectivity index (χ0n) is 10.3. The molecule has 1 N–H and O–H groups in total. The number of para-hydroxylation sites is 1. The molecule has 2 heterocycles. The van der Waals surface area contributed by atoms with Crippen LogP contribution in [-0.4, -0.2) is 15.5 Å². The van der Waals surface area contributed by atoms with Gasteiger partial charge in [-0.05, 0) is 29.7 Å². The Morgan fingerprint density at radius 1 is 1.11 bits per heavy atom. The third-order valence-electron chi connectivity index (χ3n) is 2.96. The van der Waals surface area contributed by atoms with E-state index < -0.39 is 0 Å². The largest absolute Gasteiger partial charge is 0.338 e. The van der Waals surface area contributed by atoms with Crippen LogP contribution in [0.1, 0.15) is 0 Å². The highest BCUT2D eigenvalue weighted by Gasteiger charge is 2.06. The van der Waals surface area contributed by atoms with Crippen molar-refractivity contribution in [3.63, 3.8) is 0 Å². The van der Waals surface area contributed by atoms with Crippen molar-refractivity contribution in [3.05, 3.63) is 61.1 Å². The van der Waals surface area contributed by atoms with Crippen molar-refractivity contribution in [3.8, 4) is 0 Å². The molecule has 0 unspecified atom stereocenters. The van der Waals surface area contributed by atoms with Crippen LogP contribution in [0.25, 0.3) is 10.9 Å². The standard InChI is InChI=1S/C15H13N3O/c19-15(17-13-5-8-16-9-6-13)11-18-10-7-12-3-1-2-4-14(12)18/h1-10H,11H2,(H,16,17,19). The van der Waals surface area contributed by atoms with E-state index in [-0.39, 0.29) is 5.91 Å². The average molecular weight is 251 g/mol. The molecule has 3 aromatic rings. The van der Waals surface area contributed by atoms with Crippen LogP contribution >= 0.6 is 0 Å². The van der Waals surface area contributed by atoms with Crippen molar-refractivity contribution < 1.29 is 4.79 Å². The van der Waals surface area contributed by atoms with Gasteiger partial charge in [0.1, 0.15) is 6.54 Å². The molecule has 0 bridgehead atoms. The molecule has 0 radical (unpaired) electrons. The van der Waals surface area contributed by atoms with E-state index in [4.69, 9.17) is 0 Å². The van der Waals surface area contributed by atoms with Crippen molar-refractivity contribution in [2.75, 3.05) is 5.32 Å². The van der Waals surface area contributed by atoms with Crippen LogP contribution in [0.3, 0.4) is 0 Å². The van der Waals surface area contributed by atoms with Crippen LogP contribution < -0.4 is 5.32 Å². The quantitative estimate of drug-likeness (QED) is 0.778. The Morgan fingerprint density at radius 3 is 2.74 bits per heavy atom. The van der Waals surface area contributed by atoms with Crippen molar-refractivity contribution in [1.29, 1.82) is 0 Å². The lowest BCUT2D eigenvalue weighted by molar-refractivity contribution is -0.116. The summed E-state index contributed by atoms with van der Waals surface area (Å²) in [4.78, 5) is 15.9. The molecule has 4 heteroatoms. The van der Waals surface area contributed by atoms with Gasteiger partial charge in [0.2, 0.25) is 5.91 Å². The van der Waals surface area contributed by atoms with Crippen LogP contribution in [0.4, 0.5) is 5.69 Å². The number of fused-ring (bicyclic) bond motifs is 1. The molecule has 0 saturated heterocycles. The molecule has 2 aromatic heterocycles. The summed E-state index contributed by atoms with van der Waals surface area (Å²) in [6.45, 7) is 0.301. The monoisotopic (exact) mass is 251 g/mol. The van der Waals surface area contributed by atoms with Gasteiger partial charge in [-0.3, -0.25) is 9.78 Å². The predicted molar refractivity (Wildman–Crippen MR) is 74.8 cm³/mol. The summed E-state index contributed by atoms with van der Waals surface area (Å²) in [5.41, 5.74) is 1.82. The number of rotatable bonds is 3. The average Bonchev–Trinajstić information content (AvgIpc) is 2.83. The molecular formula is C15H13N3O. The number of hydrogen-bond donors (Lipinski definition) is 1. The van der Waals surface area contributed by atoms with Gasteiger partial charge in [-0.2, -0.15) is 0 Å². The van der Waals surface area contributed by atoms with Gasteiger partial charge in [0.15, 0.2) is 0 Å². The summed E-state index contributed by atoms with van der Waals surface area (Å²) in [5.74, 6) is -0.0486. The topological polar surface area (TPSA) is 46.9 Å². The fourth-order valence-electron chi connectivity index (χ4n) is 2.07. The Bertz CT molecular complexity index is 703. The Labute approximate surface area is 110 Å². The zero-order chi connectivity index (χ0) is 13.1. The van der Waals surface area contributed by atoms with Crippen LogP contribution in [0.15, 0.2) is 61.1 Å². The lowest BCUT2D eigenvalue weighted by atomic mass is 10.2. The summed E-state index contributed by atoms with van der Waals surface area (Å²) in [6.07, 6.45) is 5.23. The Kier molecular flexibility index (Phi) is 2.98. The summed E-state index contributed by atoms with van der Waals surface area (Å²) >= 11 is 0. The number of nitrogens with one attached hydrogen (secondary N) is 1. The zero-order valence-corrected chi connectivity index (χ0v) is 10.3. The van der Waals surface area contributed by atoms with Gasteiger partial charge < -0.3 is 9.88 Å². The van der Waals surface area contributed by atoms with Crippen molar-refractivity contribution in [2.45, 2.75) is 6.54 Å². The third kappa shape index (κ3) is 2.47. The van der Waals surface area contributed by atoms with Crippen LogP contribution in [0.2, 0.25) is 0 Å². The second-order valence-electron chi connectivity index (χ2n) is 4.29. The molecule has 3 rings (SSSR count). The second kappa shape index (κ2) is 4.94. The molecule has 0 aliphatic heterocycles. The number of anilines is 1. The van der Waals surface area contributed by atoms with Gasteiger partial charge in [0.25, 0.3) is 0 Å². The molecule has 1 aromatic carbocycles. The maximum Gasteiger partial charge on any atom is 0.244 e. The number of nitrogens with zero attached hydrogens (tertiary/aromatic N) is 2. The lowest BCUT2D eigenvalue weighted by Crippen LogP contribution is -2.18. The maximum atomic E-state index is 12.0. The number of carbonyl (C=O) groups excluding carboxylic acids is 1. The van der Waals surface area contributed by atoms with E-state index in [1.54, 1.807) is 24.5 Å². The van der Waals surface area contributed by atoms with E-state index >= 15 is 0 Å². The van der Waals surface area contributed by atoms with Crippen molar-refractivity contribution in [1.82, 2.24) is 9.55 Å². The first-order chi connectivity index (χ1) is 9.33. The van der Waals surface area contributed by atoms with Gasteiger partial charge in [-0.1, -0.05) is 18.2 Å². The maximum absolute atomic E-state index is 12.0. The minimum absolute atomic E-state index is 0.0486. The molecular weight excluding hydrogens is 238 g/mol. The van der Waals surface area contributed by atoms with E-state index in [0.717, 1.165) is 16.6 Å². The highest BCUT2D eigenvalue weighted by atomic mass is 16.1. The molecule has 94 valence electrons. The molecule has 19 heavy (non-hydrogen) atoms. The summed E-state index contributed by atoms with van der Waals surface area (Å²) in [5, 5.41) is 3.98. The Morgan fingerprint density at radius 2 is 1.89 bits per heavy atom. The van der Waals surface area contributed by atoms with Gasteiger partial charge in [-0.25, -0.2) is 0 Å². The summed E-state index contributed by atoms with van der Waals surface area (Å²) < 4.78 is 1.94. The highest BCUT2D eigenvalue weighted by Crippen LogP contribution is 2.15. The van der Waals surface area contributed by atoms with Crippen LogP contribution in [0, 0.1) is 0 Å². The van der Waals surface area contributed by atoms with E-state index in [1.807, 2.05) is 41.1 Å². The molecule has 0 spiro atoms. The molecule has 0 fully saturated rings. The molecule has 0 aliphatic carbocycles. The number of pyridine rings is 1. The molecule has 4 nitrogen and oxygen atoms in total. The Hall–Kier alpha value is -2.62. The summed E-state index contributed by atoms with van der Waals surface area (Å²) in [7, 11) is 0. The van der Waals surface area contributed by atoms with E-state index in [2.05, 4.69) is 10.3 Å². The van der Waals surface area contributed by atoms with Gasteiger partial charge in [0.05, 0.1) is 0 Å². The first-order valence-corrected chi connectivity index (χ1v) is 6.07. The van der Waals surface area contributed by atoms with Crippen LogP contribution in [-0.2, 0) is 11.3 Å². The number of benzene rings is 1. The molecule has 1 amide bonds. The first kappa shape index (κ1) is 11.5. The van der Waals surface area contributed by atoms with E-state index in [0.29, 0.717) is 6.54 Å². The van der Waals surface area contributed by atoms with Gasteiger partial charge in [0, 0.05) is 29.8 Å². The lowest BCUT2D eigenvalue weighted by Gasteiger charge is -2.07. The molecule has 0 saturated carbocycles. The number of amides is 1. The van der Waals surface area contributed by atoms with Crippen LogP contribution in [0.5, 0.6) is 0 Å². The minimum Gasteiger partial charge on any atom is -0.338 e. The van der Waals surface area contributed by atoms with E-state index in [1.165, 1.54) is 0 Å². The van der Waals surface area contributed by atoms with Crippen molar-refractivity contribution >= 4 is 22.5 Å². The number of carbonyl (C=O) groups is 1. The smallest absolute Gasteiger partial charge is 0.244 e. The number of hydrogen-bond acceptors (Lipinski definition) is 2. The second-order valence-corrected chi connectivity index (χ2v) is 4.29. The molecule has 0 atom stereocenters. The fourth-order valence-corrected chi connectivity index (χ4v) is 2.07. The first-order valence-electron chi connectivity index (χ1n) is 6.07. The van der Waals surface area contributed by atoms with E-state index in [9.17, 15) is 4.79 Å². The highest BCUT2D eigenvalue weighted by molar-refractivity contribution is 5.91. The predicted octanol–water partition coefficient (Wildman–Crippen LogP) is 2.68. The Balaban J connectivity index is 1.76. The normalized spacial score (nSPS) is 10.5. The van der Waals surface area contributed by atoms with Gasteiger partial charge >= 0.3 is 0 Å². The fraction of sp³-hybridized carbons (Fsp3) is 0.0667. The minimum atomic E-state index is -0.0486. The number of aromatic nitrogens is 2. The molecule has 0 aliphatic rings. The van der Waals surface area contributed by atoms with Crippen molar-refractivity contribution in [2.24, 2.45) is 0 Å². The SMILES string of the molecule is O=C(Cn1ccc2ccccc21)Nc1ccncc1.